The highest BCUT2D eigenvalue weighted by Crippen LogP contribution is 2.31. The molecular weight excluding hydrogens is 168 g/mol. The van der Waals surface area contributed by atoms with Crippen molar-refractivity contribution < 1.29 is 9.59 Å². The van der Waals surface area contributed by atoms with Crippen LogP contribution in [0.4, 0.5) is 4.79 Å². The van der Waals surface area contributed by atoms with Gasteiger partial charge in [-0.3, -0.25) is 10.1 Å². The van der Waals surface area contributed by atoms with E-state index in [1.807, 2.05) is 0 Å². The quantitative estimate of drug-likeness (QED) is 0.603. The third-order valence-corrected chi connectivity index (χ3v) is 3.07. The first-order valence-corrected chi connectivity index (χ1v) is 4.71. The number of amides is 3. The van der Waals surface area contributed by atoms with Gasteiger partial charge in [0.05, 0.1) is 0 Å². The van der Waals surface area contributed by atoms with Crippen LogP contribution in [0.25, 0.3) is 0 Å². The minimum absolute atomic E-state index is 0.117. The average Bonchev–Trinajstić information content (AvgIpc) is 2.55. The fourth-order valence-corrected chi connectivity index (χ4v) is 2.08. The Morgan fingerprint density at radius 2 is 2.15 bits per heavy atom. The molecule has 72 valence electrons. The lowest BCUT2D eigenvalue weighted by Crippen LogP contribution is -2.30. The highest BCUT2D eigenvalue weighted by Gasteiger charge is 2.45. The van der Waals surface area contributed by atoms with Gasteiger partial charge >= 0.3 is 6.03 Å². The second kappa shape index (κ2) is 2.72. The first-order valence-electron chi connectivity index (χ1n) is 4.71. The fourth-order valence-electron chi connectivity index (χ4n) is 2.08. The van der Waals surface area contributed by atoms with Crippen molar-refractivity contribution in [2.75, 3.05) is 6.54 Å². The van der Waals surface area contributed by atoms with Crippen LogP contribution in [-0.4, -0.2) is 29.4 Å². The Morgan fingerprint density at radius 1 is 1.46 bits per heavy atom. The molecule has 0 spiro atoms. The molecule has 2 rings (SSSR count). The summed E-state index contributed by atoms with van der Waals surface area (Å²) >= 11 is 0. The molecular formula is C9H14N2O2. The highest BCUT2D eigenvalue weighted by atomic mass is 16.2. The predicted octanol–water partition coefficient (Wildman–Crippen LogP) is 0.583. The average molecular weight is 182 g/mol. The van der Waals surface area contributed by atoms with Gasteiger partial charge in [0.2, 0.25) is 0 Å². The minimum Gasteiger partial charge on any atom is -0.312 e. The third-order valence-electron chi connectivity index (χ3n) is 3.07. The molecule has 2 fully saturated rings. The summed E-state index contributed by atoms with van der Waals surface area (Å²) in [6, 6.07) is -0.391. The molecule has 2 heterocycles. The highest BCUT2D eigenvalue weighted by molar-refractivity contribution is 6.04. The van der Waals surface area contributed by atoms with Gasteiger partial charge in [-0.25, -0.2) is 4.79 Å². The summed E-state index contributed by atoms with van der Waals surface area (Å²) in [6.45, 7) is 5.00. The number of hydrogen-bond acceptors (Lipinski definition) is 2. The summed E-state index contributed by atoms with van der Waals surface area (Å²) in [5, 5.41) is 2.33. The molecule has 0 saturated carbocycles. The van der Waals surface area contributed by atoms with Gasteiger partial charge in [-0.1, -0.05) is 13.8 Å². The summed E-state index contributed by atoms with van der Waals surface area (Å²) < 4.78 is 0. The van der Waals surface area contributed by atoms with E-state index in [4.69, 9.17) is 0 Å². The normalized spacial score (nSPS) is 32.7. The van der Waals surface area contributed by atoms with Crippen LogP contribution < -0.4 is 5.32 Å². The van der Waals surface area contributed by atoms with Crippen molar-refractivity contribution in [1.82, 2.24) is 10.2 Å². The van der Waals surface area contributed by atoms with E-state index in [1.165, 1.54) is 0 Å². The Hall–Kier alpha value is -1.06. The standard InChI is InChI=1S/C9H14N2O2/c1-5(2)6-3-7-8(12)10-9(13)11(7)4-6/h5-7H,3-4H2,1-2H3,(H,10,12,13)/t6-,7+/m1/s1. The van der Waals surface area contributed by atoms with E-state index >= 15 is 0 Å². The molecule has 0 aromatic rings. The number of nitrogens with one attached hydrogen (secondary N) is 1. The molecule has 1 N–H and O–H groups in total. The van der Waals surface area contributed by atoms with Crippen LogP contribution in [-0.2, 0) is 4.79 Å². The Bertz CT molecular complexity index is 240. The van der Waals surface area contributed by atoms with Crippen LogP contribution in [0, 0.1) is 11.8 Å². The van der Waals surface area contributed by atoms with Gasteiger partial charge in [0.25, 0.3) is 5.91 Å². The Morgan fingerprint density at radius 3 is 2.69 bits per heavy atom. The van der Waals surface area contributed by atoms with Gasteiger partial charge < -0.3 is 4.90 Å². The van der Waals surface area contributed by atoms with Crippen LogP contribution in [0.15, 0.2) is 0 Å². The molecule has 2 atom stereocenters. The molecule has 0 aliphatic carbocycles. The van der Waals surface area contributed by atoms with Gasteiger partial charge in [-0.15, -0.1) is 0 Å². The lowest BCUT2D eigenvalue weighted by molar-refractivity contribution is -0.121. The maximum atomic E-state index is 11.3. The molecule has 4 nitrogen and oxygen atoms in total. The van der Waals surface area contributed by atoms with Crippen LogP contribution in [0.3, 0.4) is 0 Å². The molecule has 13 heavy (non-hydrogen) atoms. The van der Waals surface area contributed by atoms with Crippen molar-refractivity contribution in [2.45, 2.75) is 26.3 Å². The molecule has 0 unspecified atom stereocenters. The molecule has 0 radical (unpaired) electrons. The second-order valence-electron chi connectivity index (χ2n) is 4.20. The fraction of sp³-hybridized carbons (Fsp3) is 0.778. The van der Waals surface area contributed by atoms with Crippen LogP contribution >= 0.6 is 0 Å². The number of hydrogen-bond donors (Lipinski definition) is 1. The molecule has 2 saturated heterocycles. The van der Waals surface area contributed by atoms with Crippen molar-refractivity contribution in [1.29, 1.82) is 0 Å². The van der Waals surface area contributed by atoms with Crippen LogP contribution in [0.1, 0.15) is 20.3 Å². The number of urea groups is 1. The zero-order chi connectivity index (χ0) is 9.59. The molecule has 2 aliphatic heterocycles. The zero-order valence-corrected chi connectivity index (χ0v) is 7.91. The van der Waals surface area contributed by atoms with E-state index in [0.29, 0.717) is 11.8 Å². The third kappa shape index (κ3) is 1.20. The Balaban J connectivity index is 2.13. The van der Waals surface area contributed by atoms with E-state index in [2.05, 4.69) is 19.2 Å². The lowest BCUT2D eigenvalue weighted by atomic mass is 9.93. The summed E-state index contributed by atoms with van der Waals surface area (Å²) in [6.07, 6.45) is 0.829. The molecule has 3 amide bonds. The number of rotatable bonds is 1. The first kappa shape index (κ1) is 8.53. The first-order chi connectivity index (χ1) is 6.09. The molecule has 0 aromatic carbocycles. The van der Waals surface area contributed by atoms with E-state index in [1.54, 1.807) is 4.90 Å². The molecule has 4 heteroatoms. The SMILES string of the molecule is CC(C)[C@@H]1C[C@H]2C(=O)NC(=O)N2C1. The number of carbonyl (C=O) groups excluding carboxylic acids is 2. The number of nitrogens with zero attached hydrogens (tertiary/aromatic N) is 1. The van der Waals surface area contributed by atoms with E-state index in [-0.39, 0.29) is 18.0 Å². The van der Waals surface area contributed by atoms with E-state index in [0.717, 1.165) is 13.0 Å². The van der Waals surface area contributed by atoms with Gasteiger partial charge in [0.1, 0.15) is 6.04 Å². The van der Waals surface area contributed by atoms with Crippen molar-refractivity contribution in [3.8, 4) is 0 Å². The van der Waals surface area contributed by atoms with Crippen LogP contribution in [0.5, 0.6) is 0 Å². The van der Waals surface area contributed by atoms with Crippen molar-refractivity contribution >= 4 is 11.9 Å². The van der Waals surface area contributed by atoms with Gasteiger partial charge in [0.15, 0.2) is 0 Å². The largest absolute Gasteiger partial charge is 0.324 e. The minimum atomic E-state index is -0.210. The van der Waals surface area contributed by atoms with Crippen molar-refractivity contribution in [3.63, 3.8) is 0 Å². The van der Waals surface area contributed by atoms with E-state index < -0.39 is 0 Å². The maximum Gasteiger partial charge on any atom is 0.324 e. The van der Waals surface area contributed by atoms with Crippen molar-refractivity contribution in [2.24, 2.45) is 11.8 Å². The smallest absolute Gasteiger partial charge is 0.312 e. The monoisotopic (exact) mass is 182 g/mol. The summed E-state index contributed by atoms with van der Waals surface area (Å²) in [4.78, 5) is 24.1. The Labute approximate surface area is 77.3 Å². The zero-order valence-electron chi connectivity index (χ0n) is 7.91. The van der Waals surface area contributed by atoms with Gasteiger partial charge in [0, 0.05) is 6.54 Å². The molecule has 0 aromatic heterocycles. The molecule has 2 aliphatic rings. The predicted molar refractivity (Wildman–Crippen MR) is 47.0 cm³/mol. The van der Waals surface area contributed by atoms with Crippen LogP contribution in [0.2, 0.25) is 0 Å². The van der Waals surface area contributed by atoms with Gasteiger partial charge in [-0.05, 0) is 18.3 Å². The lowest BCUT2D eigenvalue weighted by Gasteiger charge is -2.14. The topological polar surface area (TPSA) is 49.4 Å². The van der Waals surface area contributed by atoms with Crippen molar-refractivity contribution in [3.05, 3.63) is 0 Å². The second-order valence-corrected chi connectivity index (χ2v) is 4.20. The number of fused-ring (bicyclic) bond motifs is 1. The Kier molecular flexibility index (Phi) is 1.78. The number of carbonyl (C=O) groups is 2. The summed E-state index contributed by atoms with van der Waals surface area (Å²) in [5.41, 5.74) is 0. The maximum absolute atomic E-state index is 11.3. The summed E-state index contributed by atoms with van der Waals surface area (Å²) in [5.74, 6) is 0.916. The summed E-state index contributed by atoms with van der Waals surface area (Å²) in [7, 11) is 0. The molecule has 0 bridgehead atoms. The number of imide groups is 1. The van der Waals surface area contributed by atoms with Gasteiger partial charge in [-0.2, -0.15) is 0 Å². The van der Waals surface area contributed by atoms with E-state index in [9.17, 15) is 9.59 Å².